The number of phenolic OH excluding ortho intramolecular Hbond substituents is 1. The highest BCUT2D eigenvalue weighted by Crippen LogP contribution is 2.15. The first-order chi connectivity index (χ1) is 6.59. The fourth-order valence-corrected chi connectivity index (χ4v) is 1.13. The normalized spacial score (nSPS) is 12.4. The van der Waals surface area contributed by atoms with Crippen LogP contribution in [-0.2, 0) is 4.79 Å². The molecule has 0 aliphatic heterocycles. The summed E-state index contributed by atoms with van der Waals surface area (Å²) in [5, 5.41) is 12.0. The zero-order valence-corrected chi connectivity index (χ0v) is 8.03. The minimum Gasteiger partial charge on any atom is -0.508 e. The van der Waals surface area contributed by atoms with Crippen molar-refractivity contribution in [2.75, 3.05) is 6.54 Å². The van der Waals surface area contributed by atoms with Crippen LogP contribution in [0, 0.1) is 0 Å². The van der Waals surface area contributed by atoms with Gasteiger partial charge in [0.05, 0.1) is 6.54 Å². The Morgan fingerprint density at radius 3 is 2.57 bits per heavy atom. The van der Waals surface area contributed by atoms with Crippen molar-refractivity contribution in [3.8, 4) is 5.75 Å². The molecule has 1 rings (SSSR count). The molecule has 76 valence electrons. The molecule has 0 aliphatic carbocycles. The van der Waals surface area contributed by atoms with E-state index in [1.165, 1.54) is 0 Å². The molecule has 0 aliphatic rings. The molecule has 0 aromatic heterocycles. The molecule has 0 saturated carbocycles. The van der Waals surface area contributed by atoms with E-state index in [1.54, 1.807) is 24.3 Å². The third-order valence-corrected chi connectivity index (χ3v) is 1.98. The number of carbonyl (C=O) groups excluding carboxylic acids is 1. The van der Waals surface area contributed by atoms with E-state index in [9.17, 15) is 4.79 Å². The second-order valence-corrected chi connectivity index (χ2v) is 3.16. The van der Waals surface area contributed by atoms with Crippen molar-refractivity contribution >= 4 is 5.91 Å². The van der Waals surface area contributed by atoms with Crippen LogP contribution in [0.5, 0.6) is 5.75 Å². The van der Waals surface area contributed by atoms with E-state index in [2.05, 4.69) is 5.32 Å². The predicted octanol–water partition coefficient (Wildman–Crippen LogP) is 0.528. The van der Waals surface area contributed by atoms with Gasteiger partial charge in [-0.15, -0.1) is 0 Å². The van der Waals surface area contributed by atoms with Crippen LogP contribution in [0.15, 0.2) is 24.3 Å². The number of hydrogen-bond donors (Lipinski definition) is 3. The molecule has 0 fully saturated rings. The van der Waals surface area contributed by atoms with E-state index in [1.807, 2.05) is 6.92 Å². The maximum atomic E-state index is 10.5. The van der Waals surface area contributed by atoms with E-state index in [4.69, 9.17) is 10.8 Å². The van der Waals surface area contributed by atoms with Crippen LogP contribution >= 0.6 is 0 Å². The summed E-state index contributed by atoms with van der Waals surface area (Å²) in [5.41, 5.74) is 6.01. The Hall–Kier alpha value is -1.55. The topological polar surface area (TPSA) is 75.3 Å². The lowest BCUT2D eigenvalue weighted by Gasteiger charge is -2.12. The van der Waals surface area contributed by atoms with Gasteiger partial charge in [0.2, 0.25) is 5.91 Å². The molecule has 1 atom stereocenters. The first-order valence-corrected chi connectivity index (χ1v) is 4.40. The Bertz CT molecular complexity index is 308. The van der Waals surface area contributed by atoms with E-state index in [-0.39, 0.29) is 24.2 Å². The first kappa shape index (κ1) is 10.5. The van der Waals surface area contributed by atoms with Gasteiger partial charge < -0.3 is 16.2 Å². The SMILES string of the molecule is CC(NCC(N)=O)c1ccc(O)cc1. The molecule has 0 spiro atoms. The van der Waals surface area contributed by atoms with Gasteiger partial charge in [-0.3, -0.25) is 4.79 Å². The summed E-state index contributed by atoms with van der Waals surface area (Å²) < 4.78 is 0. The lowest BCUT2D eigenvalue weighted by atomic mass is 10.1. The second-order valence-electron chi connectivity index (χ2n) is 3.16. The van der Waals surface area contributed by atoms with Gasteiger partial charge in [0, 0.05) is 6.04 Å². The molecule has 0 saturated heterocycles. The van der Waals surface area contributed by atoms with Crippen LogP contribution in [0.25, 0.3) is 0 Å². The number of rotatable bonds is 4. The highest BCUT2D eigenvalue weighted by molar-refractivity contribution is 5.75. The van der Waals surface area contributed by atoms with Crippen LogP contribution in [0.4, 0.5) is 0 Å². The lowest BCUT2D eigenvalue weighted by molar-refractivity contribution is -0.117. The fraction of sp³-hybridized carbons (Fsp3) is 0.300. The number of hydrogen-bond acceptors (Lipinski definition) is 3. The molecular formula is C10H14N2O2. The summed E-state index contributed by atoms with van der Waals surface area (Å²) in [5.74, 6) is -0.147. The van der Waals surface area contributed by atoms with Crippen molar-refractivity contribution in [2.45, 2.75) is 13.0 Å². The number of nitrogens with two attached hydrogens (primary N) is 1. The molecule has 1 unspecified atom stereocenters. The van der Waals surface area contributed by atoms with Gasteiger partial charge in [0.25, 0.3) is 0 Å². The zero-order chi connectivity index (χ0) is 10.6. The van der Waals surface area contributed by atoms with Crippen molar-refractivity contribution in [2.24, 2.45) is 5.73 Å². The highest BCUT2D eigenvalue weighted by Gasteiger charge is 2.05. The molecule has 4 heteroatoms. The maximum Gasteiger partial charge on any atom is 0.231 e. The average molecular weight is 194 g/mol. The minimum absolute atomic E-state index is 0.0445. The predicted molar refractivity (Wildman–Crippen MR) is 53.7 cm³/mol. The standard InChI is InChI=1S/C10H14N2O2/c1-7(12-6-10(11)14)8-2-4-9(13)5-3-8/h2-5,7,12-13H,6H2,1H3,(H2,11,14). The molecular weight excluding hydrogens is 180 g/mol. The zero-order valence-electron chi connectivity index (χ0n) is 8.03. The number of carbonyl (C=O) groups is 1. The first-order valence-electron chi connectivity index (χ1n) is 4.40. The number of benzene rings is 1. The van der Waals surface area contributed by atoms with Crippen molar-refractivity contribution in [1.82, 2.24) is 5.32 Å². The summed E-state index contributed by atoms with van der Waals surface area (Å²) >= 11 is 0. The third-order valence-electron chi connectivity index (χ3n) is 1.98. The molecule has 0 bridgehead atoms. The van der Waals surface area contributed by atoms with Crippen molar-refractivity contribution in [1.29, 1.82) is 0 Å². The van der Waals surface area contributed by atoms with Gasteiger partial charge in [0.1, 0.15) is 5.75 Å². The minimum atomic E-state index is -0.379. The Kier molecular flexibility index (Phi) is 3.48. The highest BCUT2D eigenvalue weighted by atomic mass is 16.3. The van der Waals surface area contributed by atoms with Gasteiger partial charge in [-0.05, 0) is 24.6 Å². The van der Waals surface area contributed by atoms with E-state index >= 15 is 0 Å². The molecule has 1 aromatic carbocycles. The van der Waals surface area contributed by atoms with Crippen LogP contribution in [0.1, 0.15) is 18.5 Å². The van der Waals surface area contributed by atoms with Gasteiger partial charge in [-0.25, -0.2) is 0 Å². The Morgan fingerprint density at radius 2 is 2.07 bits per heavy atom. The van der Waals surface area contributed by atoms with Crippen LogP contribution in [0.2, 0.25) is 0 Å². The Balaban J connectivity index is 2.56. The van der Waals surface area contributed by atoms with Gasteiger partial charge >= 0.3 is 0 Å². The van der Waals surface area contributed by atoms with Gasteiger partial charge in [-0.2, -0.15) is 0 Å². The van der Waals surface area contributed by atoms with Gasteiger partial charge in [-0.1, -0.05) is 12.1 Å². The Morgan fingerprint density at radius 1 is 1.50 bits per heavy atom. The summed E-state index contributed by atoms with van der Waals surface area (Å²) in [6.45, 7) is 2.08. The molecule has 4 N–H and O–H groups in total. The van der Waals surface area contributed by atoms with E-state index in [0.717, 1.165) is 5.56 Å². The quantitative estimate of drug-likeness (QED) is 0.654. The van der Waals surface area contributed by atoms with Crippen molar-refractivity contribution in [3.63, 3.8) is 0 Å². The molecule has 0 heterocycles. The smallest absolute Gasteiger partial charge is 0.231 e. The van der Waals surface area contributed by atoms with Gasteiger partial charge in [0.15, 0.2) is 0 Å². The number of aromatic hydroxyl groups is 1. The number of phenols is 1. The number of primary amides is 1. The Labute approximate surface area is 82.7 Å². The van der Waals surface area contributed by atoms with Crippen molar-refractivity contribution in [3.05, 3.63) is 29.8 Å². The molecule has 1 aromatic rings. The average Bonchev–Trinajstić information content (AvgIpc) is 2.15. The summed E-state index contributed by atoms with van der Waals surface area (Å²) in [4.78, 5) is 10.5. The van der Waals surface area contributed by atoms with Crippen LogP contribution < -0.4 is 11.1 Å². The number of amides is 1. The molecule has 4 nitrogen and oxygen atoms in total. The van der Waals surface area contributed by atoms with Crippen LogP contribution in [0.3, 0.4) is 0 Å². The molecule has 1 amide bonds. The maximum absolute atomic E-state index is 10.5. The molecule has 14 heavy (non-hydrogen) atoms. The summed E-state index contributed by atoms with van der Waals surface area (Å²) in [6, 6.07) is 6.86. The molecule has 0 radical (unpaired) electrons. The van der Waals surface area contributed by atoms with E-state index in [0.29, 0.717) is 0 Å². The summed E-state index contributed by atoms with van der Waals surface area (Å²) in [6.07, 6.45) is 0. The fourth-order valence-electron chi connectivity index (χ4n) is 1.13. The van der Waals surface area contributed by atoms with Crippen LogP contribution in [-0.4, -0.2) is 17.6 Å². The number of nitrogens with one attached hydrogen (secondary N) is 1. The summed E-state index contributed by atoms with van der Waals surface area (Å²) in [7, 11) is 0. The monoisotopic (exact) mass is 194 g/mol. The second kappa shape index (κ2) is 4.62. The lowest BCUT2D eigenvalue weighted by Crippen LogP contribution is -2.30. The third kappa shape index (κ3) is 3.06. The van der Waals surface area contributed by atoms with Crippen molar-refractivity contribution < 1.29 is 9.90 Å². The van der Waals surface area contributed by atoms with E-state index < -0.39 is 0 Å². The largest absolute Gasteiger partial charge is 0.508 e.